The molecule has 2 amide bonds. The normalized spacial score (nSPS) is 12.0. The van der Waals surface area contributed by atoms with Crippen molar-refractivity contribution in [2.24, 2.45) is 0 Å². The average Bonchev–Trinajstić information content (AvgIpc) is 2.90. The molecule has 196 valence electrons. The Morgan fingerprint density at radius 2 is 1.62 bits per heavy atom. The molecule has 0 saturated carbocycles. The molecule has 0 aromatic heterocycles. The van der Waals surface area contributed by atoms with Crippen LogP contribution in [0.2, 0.25) is 10.0 Å². The number of carbonyl (C=O) groups excluding carboxylic acids is 2. The van der Waals surface area contributed by atoms with Gasteiger partial charge in [-0.1, -0.05) is 60.5 Å². The molecule has 0 fully saturated rings. The molecule has 0 spiro atoms. The molecule has 3 aromatic carbocycles. The number of carbonyl (C=O) groups is 2. The van der Waals surface area contributed by atoms with Gasteiger partial charge in [0.15, 0.2) is 0 Å². The highest BCUT2D eigenvalue weighted by Gasteiger charge is 2.33. The molecule has 0 heterocycles. The van der Waals surface area contributed by atoms with E-state index in [4.69, 9.17) is 23.2 Å². The Labute approximate surface area is 225 Å². The fourth-order valence-electron chi connectivity index (χ4n) is 3.76. The first-order chi connectivity index (χ1) is 17.6. The number of nitrogens with one attached hydrogen (secondary N) is 1. The zero-order chi connectivity index (χ0) is 27.2. The van der Waals surface area contributed by atoms with Crippen molar-refractivity contribution in [1.29, 1.82) is 0 Å². The maximum absolute atomic E-state index is 13.8. The highest BCUT2D eigenvalue weighted by molar-refractivity contribution is 7.92. The highest BCUT2D eigenvalue weighted by atomic mass is 35.5. The van der Waals surface area contributed by atoms with E-state index in [0.717, 1.165) is 4.31 Å². The number of amides is 2. The summed E-state index contributed by atoms with van der Waals surface area (Å²) < 4.78 is 41.7. The lowest BCUT2D eigenvalue weighted by Crippen LogP contribution is -2.51. The lowest BCUT2D eigenvalue weighted by molar-refractivity contribution is -0.140. The molecule has 0 bridgehead atoms. The third kappa shape index (κ3) is 6.80. The number of sulfonamides is 1. The molecule has 3 rings (SSSR count). The molecular weight excluding hydrogens is 540 g/mol. The quantitative estimate of drug-likeness (QED) is 0.379. The van der Waals surface area contributed by atoms with Crippen molar-refractivity contribution in [1.82, 2.24) is 10.2 Å². The van der Waals surface area contributed by atoms with Gasteiger partial charge in [-0.25, -0.2) is 12.8 Å². The molecule has 37 heavy (non-hydrogen) atoms. The van der Waals surface area contributed by atoms with E-state index in [-0.39, 0.29) is 33.6 Å². The summed E-state index contributed by atoms with van der Waals surface area (Å²) in [5.74, 6) is -1.49. The minimum atomic E-state index is -4.22. The predicted molar refractivity (Wildman–Crippen MR) is 143 cm³/mol. The summed E-state index contributed by atoms with van der Waals surface area (Å²) in [6.45, 7) is 1.08. The van der Waals surface area contributed by atoms with Crippen LogP contribution in [0.5, 0.6) is 0 Å². The van der Waals surface area contributed by atoms with Crippen LogP contribution in [0, 0.1) is 5.82 Å². The van der Waals surface area contributed by atoms with E-state index in [1.807, 2.05) is 0 Å². The van der Waals surface area contributed by atoms with Crippen LogP contribution >= 0.6 is 23.2 Å². The van der Waals surface area contributed by atoms with Crippen molar-refractivity contribution in [3.63, 3.8) is 0 Å². The summed E-state index contributed by atoms with van der Waals surface area (Å²) in [6.07, 6.45) is 0.269. The Kier molecular flexibility index (Phi) is 9.53. The van der Waals surface area contributed by atoms with Gasteiger partial charge in [-0.15, -0.1) is 0 Å². The molecule has 0 aliphatic heterocycles. The first kappa shape index (κ1) is 28.4. The Morgan fingerprint density at radius 1 is 0.973 bits per heavy atom. The van der Waals surface area contributed by atoms with E-state index in [1.54, 1.807) is 25.1 Å². The molecule has 0 unspecified atom stereocenters. The van der Waals surface area contributed by atoms with Crippen molar-refractivity contribution in [3.8, 4) is 0 Å². The lowest BCUT2D eigenvalue weighted by Gasteiger charge is -2.33. The van der Waals surface area contributed by atoms with Crippen molar-refractivity contribution in [3.05, 3.63) is 94.2 Å². The Bertz CT molecular complexity index is 1360. The van der Waals surface area contributed by atoms with E-state index in [0.29, 0.717) is 5.56 Å². The van der Waals surface area contributed by atoms with Crippen molar-refractivity contribution in [2.45, 2.75) is 30.8 Å². The van der Waals surface area contributed by atoms with Gasteiger partial charge in [-0.05, 0) is 54.4 Å². The van der Waals surface area contributed by atoms with Gasteiger partial charge in [0.05, 0.1) is 20.6 Å². The fraction of sp³-hybridized carbons (Fsp3) is 0.231. The van der Waals surface area contributed by atoms with E-state index < -0.39 is 40.2 Å². The third-order valence-electron chi connectivity index (χ3n) is 5.70. The van der Waals surface area contributed by atoms with E-state index in [9.17, 15) is 22.4 Å². The van der Waals surface area contributed by atoms with Gasteiger partial charge in [0.2, 0.25) is 11.8 Å². The summed E-state index contributed by atoms with van der Waals surface area (Å²) in [5.41, 5.74) is 0.699. The molecular formula is C26H26Cl2FN3O4S. The Morgan fingerprint density at radius 3 is 2.19 bits per heavy atom. The maximum Gasteiger partial charge on any atom is 0.264 e. The Hall–Kier alpha value is -3.14. The third-order valence-corrected chi connectivity index (χ3v) is 8.23. The zero-order valence-corrected chi connectivity index (χ0v) is 22.5. The molecule has 7 nitrogen and oxygen atoms in total. The molecule has 0 radical (unpaired) electrons. The van der Waals surface area contributed by atoms with Crippen LogP contribution in [0.15, 0.2) is 77.7 Å². The number of nitrogens with zero attached hydrogens (tertiary/aromatic N) is 2. The topological polar surface area (TPSA) is 86.8 Å². The summed E-state index contributed by atoms with van der Waals surface area (Å²) in [7, 11) is -2.76. The molecule has 11 heteroatoms. The van der Waals surface area contributed by atoms with Crippen molar-refractivity contribution in [2.75, 3.05) is 17.9 Å². The van der Waals surface area contributed by atoms with Gasteiger partial charge < -0.3 is 10.2 Å². The van der Waals surface area contributed by atoms with Gasteiger partial charge in [0.25, 0.3) is 10.0 Å². The van der Waals surface area contributed by atoms with Gasteiger partial charge in [-0.3, -0.25) is 13.9 Å². The van der Waals surface area contributed by atoms with Crippen LogP contribution in [0.3, 0.4) is 0 Å². The average molecular weight is 566 g/mol. The molecule has 1 atom stereocenters. The SMILES string of the molecule is CC[C@H](C(=O)NC)N(Cc1ccc(F)cc1)C(=O)CN(c1ccc(Cl)c(Cl)c1)S(=O)(=O)c1ccccc1. The predicted octanol–water partition coefficient (Wildman–Crippen LogP) is 4.88. The molecule has 0 aliphatic rings. The smallest absolute Gasteiger partial charge is 0.264 e. The van der Waals surface area contributed by atoms with Gasteiger partial charge in [0.1, 0.15) is 18.4 Å². The second-order valence-corrected chi connectivity index (χ2v) is 10.8. The molecule has 3 aromatic rings. The number of likely N-dealkylation sites (N-methyl/N-ethyl adjacent to an activating group) is 1. The zero-order valence-electron chi connectivity index (χ0n) is 20.2. The minimum absolute atomic E-state index is 0.0303. The lowest BCUT2D eigenvalue weighted by atomic mass is 10.1. The first-order valence-corrected chi connectivity index (χ1v) is 13.6. The van der Waals surface area contributed by atoms with Crippen LogP contribution in [-0.2, 0) is 26.2 Å². The van der Waals surface area contributed by atoms with Gasteiger partial charge in [-0.2, -0.15) is 0 Å². The van der Waals surface area contributed by atoms with Gasteiger partial charge in [0, 0.05) is 13.6 Å². The summed E-state index contributed by atoms with van der Waals surface area (Å²) in [5, 5.41) is 2.88. The largest absolute Gasteiger partial charge is 0.357 e. The van der Waals surface area contributed by atoms with Crippen molar-refractivity contribution >= 4 is 50.7 Å². The van der Waals surface area contributed by atoms with Crippen LogP contribution < -0.4 is 9.62 Å². The van der Waals surface area contributed by atoms with Crippen molar-refractivity contribution < 1.29 is 22.4 Å². The number of hydrogen-bond donors (Lipinski definition) is 1. The van der Waals surface area contributed by atoms with Crippen LogP contribution in [-0.4, -0.2) is 44.8 Å². The summed E-state index contributed by atoms with van der Waals surface area (Å²) in [4.78, 5) is 27.7. The van der Waals surface area contributed by atoms with E-state index >= 15 is 0 Å². The second-order valence-electron chi connectivity index (χ2n) is 8.11. The van der Waals surface area contributed by atoms with Gasteiger partial charge >= 0.3 is 0 Å². The van der Waals surface area contributed by atoms with Crippen LogP contribution in [0.25, 0.3) is 0 Å². The number of benzene rings is 3. The number of anilines is 1. The summed E-state index contributed by atoms with van der Waals surface area (Å²) in [6, 6.07) is 16.5. The maximum atomic E-state index is 13.8. The first-order valence-electron chi connectivity index (χ1n) is 11.4. The Balaban J connectivity index is 2.06. The fourth-order valence-corrected chi connectivity index (χ4v) is 5.48. The summed E-state index contributed by atoms with van der Waals surface area (Å²) >= 11 is 12.2. The number of rotatable bonds is 10. The molecule has 0 saturated heterocycles. The standard InChI is InChI=1S/C26H26Cl2FN3O4S/c1-3-24(26(34)30-2)31(16-18-9-11-19(29)12-10-18)25(33)17-32(20-13-14-22(27)23(28)15-20)37(35,36)21-7-5-4-6-8-21/h4-15,24H,3,16-17H2,1-2H3,(H,30,34)/t24-/m1/s1. The number of halogens is 3. The van der Waals surface area contributed by atoms with Crippen LogP contribution in [0.1, 0.15) is 18.9 Å². The van der Waals surface area contributed by atoms with Crippen LogP contribution in [0.4, 0.5) is 10.1 Å². The molecule has 0 aliphatic carbocycles. The van der Waals surface area contributed by atoms with E-state index in [2.05, 4.69) is 5.32 Å². The highest BCUT2D eigenvalue weighted by Crippen LogP contribution is 2.31. The second kappa shape index (κ2) is 12.4. The number of hydrogen-bond acceptors (Lipinski definition) is 4. The minimum Gasteiger partial charge on any atom is -0.357 e. The molecule has 1 N–H and O–H groups in total. The monoisotopic (exact) mass is 565 g/mol. The van der Waals surface area contributed by atoms with E-state index in [1.165, 1.54) is 66.5 Å².